The van der Waals surface area contributed by atoms with Gasteiger partial charge in [0.2, 0.25) is 17.7 Å². The van der Waals surface area contributed by atoms with Gasteiger partial charge in [0.05, 0.1) is 22.2 Å². The number of thiazole rings is 1. The molecule has 3 heterocycles. The van der Waals surface area contributed by atoms with Gasteiger partial charge in [-0.05, 0) is 68.8 Å². The first kappa shape index (κ1) is 38.9. The molecule has 3 amide bonds. The Bertz CT molecular complexity index is 1340. The summed E-state index contributed by atoms with van der Waals surface area (Å²) >= 11 is 1.59. The average Bonchev–Trinajstić information content (AvgIpc) is 3.68. The molecule has 2 aliphatic heterocycles. The number of hydrogen-bond acceptors (Lipinski definition) is 9. The number of piperidine rings is 1. The normalized spacial score (nSPS) is 19.6. The molecule has 2 unspecified atom stereocenters. The van der Waals surface area contributed by atoms with E-state index in [1.807, 2.05) is 57.5 Å². The number of nitrogens with one attached hydrogen (secondary N) is 2. The van der Waals surface area contributed by atoms with Gasteiger partial charge in [-0.3, -0.25) is 14.4 Å². The van der Waals surface area contributed by atoms with Gasteiger partial charge in [-0.1, -0.05) is 70.7 Å². The maximum atomic E-state index is 13.8. The van der Waals surface area contributed by atoms with E-state index in [9.17, 15) is 19.5 Å². The number of ether oxygens (including phenoxy) is 1. The molecule has 272 valence electrons. The van der Waals surface area contributed by atoms with Gasteiger partial charge in [0.25, 0.3) is 0 Å². The van der Waals surface area contributed by atoms with E-state index in [4.69, 9.17) is 10.5 Å². The van der Waals surface area contributed by atoms with Crippen molar-refractivity contribution in [2.75, 3.05) is 39.4 Å². The number of aryl methyl sites for hydroxylation is 1. The third kappa shape index (κ3) is 12.1. The third-order valence-corrected chi connectivity index (χ3v) is 10.6. The van der Waals surface area contributed by atoms with E-state index in [0.717, 1.165) is 66.9 Å². The summed E-state index contributed by atoms with van der Waals surface area (Å²) in [5.74, 6) is -1.09. The zero-order valence-corrected chi connectivity index (χ0v) is 30.7. The number of hydrogen-bond donors (Lipinski definition) is 4. The second-order valence-corrected chi connectivity index (χ2v) is 15.7. The van der Waals surface area contributed by atoms with Crippen LogP contribution < -0.4 is 16.4 Å². The van der Waals surface area contributed by atoms with Gasteiger partial charge in [0.15, 0.2) is 0 Å². The van der Waals surface area contributed by atoms with Crippen LogP contribution in [-0.2, 0) is 25.7 Å². The van der Waals surface area contributed by atoms with Crippen molar-refractivity contribution in [3.8, 4) is 10.4 Å². The van der Waals surface area contributed by atoms with Crippen LogP contribution in [0.5, 0.6) is 0 Å². The molecule has 1 aromatic heterocycles. The van der Waals surface area contributed by atoms with Crippen molar-refractivity contribution in [1.82, 2.24) is 25.4 Å². The first-order chi connectivity index (χ1) is 23.4. The highest BCUT2D eigenvalue weighted by Crippen LogP contribution is 2.28. The Kier molecular flexibility index (Phi) is 15.0. The smallest absolute Gasteiger partial charge is 0.246 e. The summed E-state index contributed by atoms with van der Waals surface area (Å²) in [4.78, 5) is 49.4. The second kappa shape index (κ2) is 18.9. The molecule has 2 aliphatic rings. The fourth-order valence-electron chi connectivity index (χ4n) is 6.57. The maximum absolute atomic E-state index is 13.8. The van der Waals surface area contributed by atoms with E-state index in [1.54, 1.807) is 11.3 Å². The number of carbonyl (C=O) groups excluding carboxylic acids is 3. The third-order valence-electron chi connectivity index (χ3n) is 9.59. The lowest BCUT2D eigenvalue weighted by molar-refractivity contribution is -0.144. The van der Waals surface area contributed by atoms with Gasteiger partial charge in [0.1, 0.15) is 18.7 Å². The number of benzene rings is 1. The number of aliphatic hydroxyl groups is 1. The highest BCUT2D eigenvalue weighted by molar-refractivity contribution is 7.13. The Balaban J connectivity index is 1.16. The van der Waals surface area contributed by atoms with Crippen LogP contribution in [0.3, 0.4) is 0 Å². The molecule has 5 N–H and O–H groups in total. The molecule has 0 aliphatic carbocycles. The van der Waals surface area contributed by atoms with E-state index in [2.05, 4.69) is 20.5 Å². The standard InChI is InChI=1S/C37H58N6O5S/c1-26-33(49-25-40-26)28-13-11-27(12-14-28)22-39-35(46)31-21-30(44)23-43(31)36(47)34(37(2,3)4)41-32(45)24-48-20-10-8-6-5-7-9-17-42-18-15-29(38)16-19-42/h11-14,25,29-31,34,44H,5-10,15-24,38H2,1-4H3,(H,39,46)(H,41,45)/t30?,31?,34-/m1/s1. The zero-order valence-electron chi connectivity index (χ0n) is 29.9. The summed E-state index contributed by atoms with van der Waals surface area (Å²) in [6.45, 7) is 11.7. The highest BCUT2D eigenvalue weighted by Gasteiger charge is 2.44. The fourth-order valence-corrected chi connectivity index (χ4v) is 7.38. The summed E-state index contributed by atoms with van der Waals surface area (Å²) in [6, 6.07) is 6.61. The molecule has 11 nitrogen and oxygen atoms in total. The number of amides is 3. The molecule has 2 fully saturated rings. The number of rotatable bonds is 17. The summed E-state index contributed by atoms with van der Waals surface area (Å²) in [6.07, 6.45) is 8.29. The quantitative estimate of drug-likeness (QED) is 0.181. The summed E-state index contributed by atoms with van der Waals surface area (Å²) < 4.78 is 5.65. The van der Waals surface area contributed by atoms with Gasteiger partial charge >= 0.3 is 0 Å². The molecule has 2 aromatic rings. The average molecular weight is 699 g/mol. The van der Waals surface area contributed by atoms with E-state index in [-0.39, 0.29) is 37.3 Å². The Hall–Kier alpha value is -2.90. The lowest BCUT2D eigenvalue weighted by Crippen LogP contribution is -2.58. The number of aromatic nitrogens is 1. The Morgan fingerprint density at radius 1 is 1.06 bits per heavy atom. The van der Waals surface area contributed by atoms with Crippen LogP contribution in [0.1, 0.15) is 89.8 Å². The number of likely N-dealkylation sites (tertiary alicyclic amines) is 2. The van der Waals surface area contributed by atoms with Crippen molar-refractivity contribution >= 4 is 29.1 Å². The Morgan fingerprint density at radius 2 is 1.73 bits per heavy atom. The zero-order chi connectivity index (χ0) is 35.4. The molecule has 2 saturated heterocycles. The van der Waals surface area contributed by atoms with Gasteiger partial charge in [-0.25, -0.2) is 4.98 Å². The Labute approximate surface area is 296 Å². The van der Waals surface area contributed by atoms with Crippen molar-refractivity contribution < 1.29 is 24.2 Å². The van der Waals surface area contributed by atoms with Crippen molar-refractivity contribution in [1.29, 1.82) is 0 Å². The van der Waals surface area contributed by atoms with E-state index < -0.39 is 23.6 Å². The SMILES string of the molecule is Cc1ncsc1-c1ccc(CNC(=O)C2CC(O)CN2C(=O)[C@@H](NC(=O)COCCCCCCCCN2CCC(N)CC2)C(C)(C)C)cc1. The number of nitrogens with two attached hydrogens (primary N) is 1. The predicted molar refractivity (Wildman–Crippen MR) is 194 cm³/mol. The molecule has 3 atom stereocenters. The van der Waals surface area contributed by atoms with Crippen LogP contribution >= 0.6 is 11.3 Å². The van der Waals surface area contributed by atoms with Crippen LogP contribution in [0, 0.1) is 12.3 Å². The van der Waals surface area contributed by atoms with Crippen LogP contribution in [0.25, 0.3) is 10.4 Å². The number of unbranched alkanes of at least 4 members (excludes halogenated alkanes) is 5. The minimum Gasteiger partial charge on any atom is -0.391 e. The molecule has 4 rings (SSSR count). The van der Waals surface area contributed by atoms with Gasteiger partial charge in [-0.15, -0.1) is 11.3 Å². The molecule has 1 aromatic carbocycles. The monoisotopic (exact) mass is 698 g/mol. The van der Waals surface area contributed by atoms with Crippen LogP contribution in [-0.4, -0.2) is 101 Å². The largest absolute Gasteiger partial charge is 0.391 e. The lowest BCUT2D eigenvalue weighted by atomic mass is 9.85. The first-order valence-electron chi connectivity index (χ1n) is 18.0. The van der Waals surface area contributed by atoms with Crippen LogP contribution in [0.4, 0.5) is 0 Å². The van der Waals surface area contributed by atoms with Crippen molar-refractivity contribution in [2.24, 2.45) is 11.1 Å². The molecule has 0 spiro atoms. The van der Waals surface area contributed by atoms with E-state index >= 15 is 0 Å². The van der Waals surface area contributed by atoms with Crippen LogP contribution in [0.2, 0.25) is 0 Å². The van der Waals surface area contributed by atoms with Crippen molar-refractivity contribution in [2.45, 2.75) is 116 Å². The van der Waals surface area contributed by atoms with Gasteiger partial charge in [-0.2, -0.15) is 0 Å². The number of aliphatic hydroxyl groups excluding tert-OH is 1. The van der Waals surface area contributed by atoms with Crippen molar-refractivity contribution in [3.05, 3.63) is 41.0 Å². The Morgan fingerprint density at radius 3 is 2.39 bits per heavy atom. The number of carbonyl (C=O) groups is 3. The molecule has 12 heteroatoms. The lowest BCUT2D eigenvalue weighted by Gasteiger charge is -2.35. The molecule has 49 heavy (non-hydrogen) atoms. The summed E-state index contributed by atoms with van der Waals surface area (Å²) in [5, 5.41) is 16.3. The first-order valence-corrected chi connectivity index (χ1v) is 18.9. The van der Waals surface area contributed by atoms with Gasteiger partial charge < -0.3 is 36.0 Å². The van der Waals surface area contributed by atoms with E-state index in [1.165, 1.54) is 30.7 Å². The van der Waals surface area contributed by atoms with Crippen molar-refractivity contribution in [3.63, 3.8) is 0 Å². The highest BCUT2D eigenvalue weighted by atomic mass is 32.1. The number of β-amino-alcohol motifs (C(OH)–C–C–N with tert-alkyl or cyclic N) is 1. The van der Waals surface area contributed by atoms with E-state index in [0.29, 0.717) is 19.2 Å². The maximum Gasteiger partial charge on any atom is 0.246 e. The fraction of sp³-hybridized carbons (Fsp3) is 0.676. The predicted octanol–water partition coefficient (Wildman–Crippen LogP) is 4.01. The second-order valence-electron chi connectivity index (χ2n) is 14.8. The molecule has 0 bridgehead atoms. The minimum absolute atomic E-state index is 0.0335. The molecule has 0 saturated carbocycles. The topological polar surface area (TPSA) is 150 Å². The molecular formula is C37H58N6O5S. The number of nitrogens with zero attached hydrogens (tertiary/aromatic N) is 3. The molecular weight excluding hydrogens is 641 g/mol. The minimum atomic E-state index is -0.881. The summed E-state index contributed by atoms with van der Waals surface area (Å²) in [7, 11) is 0. The van der Waals surface area contributed by atoms with Gasteiger partial charge in [0, 0.05) is 32.2 Å². The summed E-state index contributed by atoms with van der Waals surface area (Å²) in [5.41, 5.74) is 10.2. The molecule has 0 radical (unpaired) electrons. The van der Waals surface area contributed by atoms with Crippen LogP contribution in [0.15, 0.2) is 29.8 Å².